The number of hydrogen-bond acceptors (Lipinski definition) is 7. The van der Waals surface area contributed by atoms with Gasteiger partial charge in [-0.3, -0.25) is 4.72 Å². The van der Waals surface area contributed by atoms with Gasteiger partial charge in [-0.05, 0) is 55.0 Å². The van der Waals surface area contributed by atoms with E-state index in [-0.39, 0.29) is 10.6 Å². The lowest BCUT2D eigenvalue weighted by molar-refractivity contribution is 0.402. The first-order chi connectivity index (χ1) is 13.9. The van der Waals surface area contributed by atoms with E-state index >= 15 is 0 Å². The lowest BCUT2D eigenvalue weighted by Crippen LogP contribution is -2.35. The van der Waals surface area contributed by atoms with Crippen molar-refractivity contribution in [2.45, 2.75) is 18.0 Å². The zero-order valence-electron chi connectivity index (χ0n) is 15.9. The zero-order valence-corrected chi connectivity index (χ0v) is 16.7. The van der Waals surface area contributed by atoms with Gasteiger partial charge in [-0.2, -0.15) is 0 Å². The second-order valence-corrected chi connectivity index (χ2v) is 8.24. The number of fused-ring (bicyclic) bond motifs is 1. The fourth-order valence-corrected chi connectivity index (χ4v) is 4.42. The van der Waals surface area contributed by atoms with Gasteiger partial charge in [0, 0.05) is 11.4 Å². The van der Waals surface area contributed by atoms with E-state index in [4.69, 9.17) is 14.9 Å². The first kappa shape index (κ1) is 19.0. The summed E-state index contributed by atoms with van der Waals surface area (Å²) < 4.78 is 38.7. The molecule has 1 aromatic heterocycles. The molecule has 8 nitrogen and oxygen atoms in total. The second kappa shape index (κ2) is 7.26. The lowest BCUT2D eigenvalue weighted by atomic mass is 10.2. The highest BCUT2D eigenvalue weighted by Gasteiger charge is 2.25. The monoisotopic (exact) mass is 412 g/mol. The normalized spacial score (nSPS) is 15.8. The number of furan rings is 1. The van der Waals surface area contributed by atoms with E-state index in [1.165, 1.54) is 7.11 Å². The van der Waals surface area contributed by atoms with Gasteiger partial charge in [0.15, 0.2) is 0 Å². The number of methoxy groups -OCH3 is 1. The Bertz CT molecular complexity index is 1170. The van der Waals surface area contributed by atoms with Gasteiger partial charge in [-0.15, -0.1) is 0 Å². The van der Waals surface area contributed by atoms with Crippen LogP contribution < -0.4 is 20.1 Å². The minimum absolute atomic E-state index is 0.0850. The van der Waals surface area contributed by atoms with Crippen molar-refractivity contribution < 1.29 is 17.6 Å². The second-order valence-electron chi connectivity index (χ2n) is 6.58. The highest BCUT2D eigenvalue weighted by molar-refractivity contribution is 7.92. The Hall–Kier alpha value is -3.30. The molecule has 0 spiro atoms. The van der Waals surface area contributed by atoms with Crippen molar-refractivity contribution in [1.29, 1.82) is 0 Å². The third-order valence-corrected chi connectivity index (χ3v) is 6.02. The fourth-order valence-electron chi connectivity index (χ4n) is 3.11. The van der Waals surface area contributed by atoms with Gasteiger partial charge >= 0.3 is 0 Å². The summed E-state index contributed by atoms with van der Waals surface area (Å²) in [7, 11) is -2.37. The van der Waals surface area contributed by atoms with Crippen molar-refractivity contribution in [3.63, 3.8) is 0 Å². The quantitative estimate of drug-likeness (QED) is 0.663. The molecule has 1 atom stereocenters. The molecule has 2 heterocycles. The van der Waals surface area contributed by atoms with Crippen LogP contribution in [0.3, 0.4) is 0 Å². The van der Waals surface area contributed by atoms with Crippen LogP contribution in [0.15, 0.2) is 69.1 Å². The van der Waals surface area contributed by atoms with Crippen molar-refractivity contribution in [1.82, 2.24) is 0 Å². The molecule has 1 unspecified atom stereocenters. The minimum Gasteiger partial charge on any atom is -0.495 e. The van der Waals surface area contributed by atoms with E-state index in [1.54, 1.807) is 66.0 Å². The molecule has 3 aromatic rings. The molecule has 2 aromatic carbocycles. The van der Waals surface area contributed by atoms with Gasteiger partial charge in [-0.25, -0.2) is 13.4 Å². The van der Waals surface area contributed by atoms with Crippen LogP contribution >= 0.6 is 0 Å². The van der Waals surface area contributed by atoms with Crippen molar-refractivity contribution in [3.05, 3.63) is 65.9 Å². The largest absolute Gasteiger partial charge is 0.495 e. The number of nitrogens with two attached hydrogens (primary N) is 1. The first-order valence-electron chi connectivity index (χ1n) is 8.82. The Balaban J connectivity index is 1.57. The molecule has 150 valence electrons. The summed E-state index contributed by atoms with van der Waals surface area (Å²) in [6, 6.07) is 13.6. The number of hydrogen-bond donors (Lipinski definition) is 2. The van der Waals surface area contributed by atoms with Gasteiger partial charge in [0.05, 0.1) is 18.9 Å². The van der Waals surface area contributed by atoms with Gasteiger partial charge in [0.1, 0.15) is 23.1 Å². The number of nitrogens with one attached hydrogen (secondary N) is 1. The number of benzene rings is 2. The van der Waals surface area contributed by atoms with E-state index in [1.807, 2.05) is 6.92 Å². The average molecular weight is 412 g/mol. The highest BCUT2D eigenvalue weighted by Crippen LogP contribution is 2.34. The van der Waals surface area contributed by atoms with Gasteiger partial charge in [0.2, 0.25) is 5.88 Å². The van der Waals surface area contributed by atoms with Crippen LogP contribution in [0.25, 0.3) is 0 Å². The molecule has 29 heavy (non-hydrogen) atoms. The summed E-state index contributed by atoms with van der Waals surface area (Å²) in [4.78, 5) is 6.10. The minimum atomic E-state index is -3.81. The Labute approximate surface area is 168 Å². The van der Waals surface area contributed by atoms with Crippen LogP contribution in [0.1, 0.15) is 17.3 Å². The average Bonchev–Trinajstić information content (AvgIpc) is 3.19. The topological polar surface area (TPSA) is 110 Å². The predicted octanol–water partition coefficient (Wildman–Crippen LogP) is 3.53. The molecule has 0 amide bonds. The predicted molar refractivity (Wildman–Crippen MR) is 111 cm³/mol. The summed E-state index contributed by atoms with van der Waals surface area (Å²) >= 11 is 0. The Morgan fingerprint density at radius 2 is 1.93 bits per heavy atom. The smallest absolute Gasteiger partial charge is 0.265 e. The molecule has 4 rings (SSSR count). The van der Waals surface area contributed by atoms with Crippen LogP contribution in [0.2, 0.25) is 0 Å². The highest BCUT2D eigenvalue weighted by atomic mass is 32.2. The Morgan fingerprint density at radius 1 is 1.17 bits per heavy atom. The van der Waals surface area contributed by atoms with E-state index in [9.17, 15) is 8.42 Å². The molecule has 3 N–H and O–H groups in total. The van der Waals surface area contributed by atoms with Crippen LogP contribution in [0, 0.1) is 6.92 Å². The number of sulfonamides is 1. The number of ether oxygens (including phenoxy) is 1. The van der Waals surface area contributed by atoms with Crippen molar-refractivity contribution in [3.8, 4) is 5.75 Å². The molecular weight excluding hydrogens is 392 g/mol. The van der Waals surface area contributed by atoms with Crippen molar-refractivity contribution >= 4 is 33.6 Å². The zero-order chi connectivity index (χ0) is 20.6. The first-order valence-corrected chi connectivity index (χ1v) is 10.3. The SMILES string of the molecule is COc1ccc(C)cc1S(=O)(=O)Nc1ccc(N2C=Nc3occc3C2N)cc1. The third kappa shape index (κ3) is 3.57. The molecule has 0 aliphatic carbocycles. The summed E-state index contributed by atoms with van der Waals surface area (Å²) in [6.07, 6.45) is 2.69. The van der Waals surface area contributed by atoms with Crippen LogP contribution in [0.5, 0.6) is 5.75 Å². The summed E-state index contributed by atoms with van der Waals surface area (Å²) in [5.41, 5.74) is 9.07. The van der Waals surface area contributed by atoms with Crippen LogP contribution in [-0.4, -0.2) is 21.9 Å². The molecule has 0 radical (unpaired) electrons. The number of aryl methyl sites for hydroxylation is 1. The lowest BCUT2D eigenvalue weighted by Gasteiger charge is -2.29. The summed E-state index contributed by atoms with van der Waals surface area (Å²) in [5, 5.41) is 0. The van der Waals surface area contributed by atoms with Crippen LogP contribution in [-0.2, 0) is 10.0 Å². The van der Waals surface area contributed by atoms with E-state index < -0.39 is 16.2 Å². The number of aliphatic imine (C=N–C) groups is 1. The van der Waals surface area contributed by atoms with Gasteiger partial charge < -0.3 is 19.8 Å². The molecule has 0 saturated heterocycles. The fraction of sp³-hybridized carbons (Fsp3) is 0.150. The molecule has 1 aliphatic rings. The number of anilines is 2. The van der Waals surface area contributed by atoms with Crippen LogP contribution in [0.4, 0.5) is 17.3 Å². The molecule has 0 saturated carbocycles. The maximum Gasteiger partial charge on any atom is 0.265 e. The van der Waals surface area contributed by atoms with Crippen molar-refractivity contribution in [2.24, 2.45) is 10.7 Å². The van der Waals surface area contributed by atoms with E-state index in [2.05, 4.69) is 9.71 Å². The molecular formula is C20H20N4O4S. The standard InChI is InChI=1S/C20H20N4O4S/c1-13-3-8-17(27-2)18(11-13)29(25,26)23-14-4-6-15(7-5-14)24-12-22-20-16(19(24)21)9-10-28-20/h3-12,19,23H,21H2,1-2H3. The molecule has 1 aliphatic heterocycles. The summed E-state index contributed by atoms with van der Waals surface area (Å²) in [6.45, 7) is 1.82. The molecule has 0 bridgehead atoms. The van der Waals surface area contributed by atoms with E-state index in [0.717, 1.165) is 16.8 Å². The number of rotatable bonds is 5. The molecule has 9 heteroatoms. The van der Waals surface area contributed by atoms with Gasteiger partial charge in [-0.1, -0.05) is 6.07 Å². The maximum absolute atomic E-state index is 12.8. The van der Waals surface area contributed by atoms with E-state index in [0.29, 0.717) is 11.6 Å². The Kier molecular flexibility index (Phi) is 4.77. The third-order valence-electron chi connectivity index (χ3n) is 4.62. The number of nitrogens with zero attached hydrogens (tertiary/aromatic N) is 2. The summed E-state index contributed by atoms with van der Waals surface area (Å²) in [5.74, 6) is 0.774. The Morgan fingerprint density at radius 3 is 2.66 bits per heavy atom. The van der Waals surface area contributed by atoms with Crippen molar-refractivity contribution in [2.75, 3.05) is 16.7 Å². The molecule has 0 fully saturated rings. The van der Waals surface area contributed by atoms with Gasteiger partial charge in [0.25, 0.3) is 10.0 Å². The maximum atomic E-state index is 12.8.